The molecule has 0 radical (unpaired) electrons. The van der Waals surface area contributed by atoms with Crippen LogP contribution in [0.1, 0.15) is 58.2 Å². The highest BCUT2D eigenvalue weighted by Gasteiger charge is 2.38. The number of fused-ring (bicyclic) bond motifs is 1. The van der Waals surface area contributed by atoms with Crippen molar-refractivity contribution in [2.24, 2.45) is 11.8 Å². The average molecular weight is 646 g/mol. The number of ether oxygens (including phenoxy) is 2. The fraction of sp³-hybridized carbons (Fsp3) is 0.444. The van der Waals surface area contributed by atoms with Crippen LogP contribution in [-0.2, 0) is 35.1 Å². The molecule has 0 saturated carbocycles. The zero-order chi connectivity index (χ0) is 34.4. The number of aromatic amines is 1. The Morgan fingerprint density at radius 1 is 0.957 bits per heavy atom. The Bertz CT molecular complexity index is 1620. The summed E-state index contributed by atoms with van der Waals surface area (Å²) in [4.78, 5) is 59.7. The fourth-order valence-electron chi connectivity index (χ4n) is 6.03. The van der Waals surface area contributed by atoms with Crippen molar-refractivity contribution < 1.29 is 28.7 Å². The van der Waals surface area contributed by atoms with Crippen LogP contribution in [0.2, 0.25) is 0 Å². The summed E-state index contributed by atoms with van der Waals surface area (Å²) in [6.45, 7) is 9.06. The first-order valence-electron chi connectivity index (χ1n) is 16.0. The number of allylic oxidation sites excluding steroid dienone is 1. The number of nitrogens with two attached hydrogens (primary N) is 1. The molecule has 4 rings (SSSR count). The second-order valence-electron chi connectivity index (χ2n) is 12.7. The number of rotatable bonds is 4. The number of hydrogen-bond donors (Lipinski definition) is 4. The smallest absolute Gasteiger partial charge is 0.338 e. The molecule has 0 spiro atoms. The molecule has 2 aromatic carbocycles. The number of benzene rings is 2. The van der Waals surface area contributed by atoms with Crippen LogP contribution in [0.3, 0.4) is 0 Å². The number of para-hydroxylation sites is 1. The molecular formula is C36H47N5O6. The van der Waals surface area contributed by atoms with E-state index in [-0.39, 0.29) is 18.2 Å². The third-order valence-electron chi connectivity index (χ3n) is 8.98. The van der Waals surface area contributed by atoms with Crippen molar-refractivity contribution in [2.45, 2.75) is 77.8 Å². The number of carbonyl (C=O) groups excluding carboxylic acids is 4. The van der Waals surface area contributed by atoms with Crippen LogP contribution in [0.5, 0.6) is 0 Å². The summed E-state index contributed by atoms with van der Waals surface area (Å²) in [5.41, 5.74) is 9.70. The van der Waals surface area contributed by atoms with Gasteiger partial charge >= 0.3 is 5.97 Å². The van der Waals surface area contributed by atoms with Gasteiger partial charge in [-0.3, -0.25) is 14.4 Å². The number of amides is 3. The lowest BCUT2D eigenvalue weighted by molar-refractivity contribution is -0.164. The van der Waals surface area contributed by atoms with Gasteiger partial charge in [0.15, 0.2) is 6.10 Å². The van der Waals surface area contributed by atoms with Crippen LogP contribution in [0.15, 0.2) is 66.4 Å². The van der Waals surface area contributed by atoms with Crippen LogP contribution >= 0.6 is 0 Å². The zero-order valence-electron chi connectivity index (χ0n) is 28.2. The molecule has 11 heteroatoms. The molecule has 0 saturated heterocycles. The summed E-state index contributed by atoms with van der Waals surface area (Å²) in [7, 11) is 2.93. The van der Waals surface area contributed by atoms with Gasteiger partial charge in [0.2, 0.25) is 17.7 Å². The molecular weight excluding hydrogens is 598 g/mol. The van der Waals surface area contributed by atoms with E-state index in [4.69, 9.17) is 15.2 Å². The van der Waals surface area contributed by atoms with Gasteiger partial charge in [0.05, 0.1) is 6.04 Å². The maximum Gasteiger partial charge on any atom is 0.338 e. The third-order valence-corrected chi connectivity index (χ3v) is 8.98. The highest BCUT2D eigenvalue weighted by molar-refractivity contribution is 5.93. The van der Waals surface area contributed by atoms with Crippen molar-refractivity contribution in [1.29, 1.82) is 0 Å². The minimum atomic E-state index is -1.21. The van der Waals surface area contributed by atoms with Crippen LogP contribution in [0.25, 0.3) is 10.9 Å². The van der Waals surface area contributed by atoms with Crippen molar-refractivity contribution >= 4 is 40.3 Å². The number of anilines is 1. The summed E-state index contributed by atoms with van der Waals surface area (Å²) in [5, 5.41) is 6.76. The molecule has 0 aliphatic carbocycles. The second-order valence-corrected chi connectivity index (χ2v) is 12.7. The predicted molar refractivity (Wildman–Crippen MR) is 181 cm³/mol. The lowest BCUT2D eigenvalue weighted by atomic mass is 9.95. The number of esters is 1. The number of nitrogen functional groups attached to an aromatic ring is 1. The lowest BCUT2D eigenvalue weighted by Gasteiger charge is -2.33. The van der Waals surface area contributed by atoms with Gasteiger partial charge in [-0.05, 0) is 56.5 Å². The number of likely N-dealkylation sites (N-methyl/N-ethyl adjacent to an activating group) is 1. The van der Waals surface area contributed by atoms with Gasteiger partial charge in [0.25, 0.3) is 0 Å². The van der Waals surface area contributed by atoms with E-state index in [1.165, 1.54) is 12.0 Å². The highest BCUT2D eigenvalue weighted by Crippen LogP contribution is 2.26. The van der Waals surface area contributed by atoms with E-state index in [9.17, 15) is 19.2 Å². The van der Waals surface area contributed by atoms with E-state index in [1.807, 2.05) is 50.4 Å². The summed E-state index contributed by atoms with van der Waals surface area (Å²) in [6.07, 6.45) is 2.67. The van der Waals surface area contributed by atoms with Gasteiger partial charge in [-0.15, -0.1) is 0 Å². The molecule has 1 aliphatic heterocycles. The molecule has 47 heavy (non-hydrogen) atoms. The van der Waals surface area contributed by atoms with Gasteiger partial charge in [0, 0.05) is 55.2 Å². The number of carbonyl (C=O) groups is 4. The fourth-order valence-corrected chi connectivity index (χ4v) is 6.03. The molecule has 2 heterocycles. The average Bonchev–Trinajstić information content (AvgIpc) is 3.45. The van der Waals surface area contributed by atoms with Crippen molar-refractivity contribution in [3.8, 4) is 0 Å². The molecule has 252 valence electrons. The van der Waals surface area contributed by atoms with Crippen molar-refractivity contribution in [3.05, 3.63) is 77.5 Å². The minimum absolute atomic E-state index is 0.157. The molecule has 3 aromatic rings. The van der Waals surface area contributed by atoms with Crippen LogP contribution in [-0.4, -0.2) is 72.0 Å². The SMILES string of the molecule is COC1C(=O)O[C@H](C)[C@H](C)/C=C(\C)C[C@H](C)C(=O)N[C@@H](C)C(=O)N(C)C(Cc2c[nH]c3ccccc23)C(=O)N[C@H]1c1ccc(N)cc1. The van der Waals surface area contributed by atoms with Gasteiger partial charge < -0.3 is 35.7 Å². The van der Waals surface area contributed by atoms with Crippen molar-refractivity contribution in [2.75, 3.05) is 19.9 Å². The first-order valence-corrected chi connectivity index (χ1v) is 16.0. The molecule has 7 atom stereocenters. The quantitative estimate of drug-likeness (QED) is 0.190. The maximum atomic E-state index is 14.4. The number of nitrogens with one attached hydrogen (secondary N) is 3. The van der Waals surface area contributed by atoms with Gasteiger partial charge in [0.1, 0.15) is 18.2 Å². The molecule has 2 unspecified atom stereocenters. The standard InChI is InChI=1S/C36H47N5O6/c1-20-16-21(2)24(5)47-36(45)32(46-7)31(25-12-14-27(37)15-13-25)40-34(43)30(18-26-19-38-29-11-9-8-10-28(26)29)41(6)35(44)23(4)39-33(42)22(3)17-20/h8-16,19,21-24,30-32,38H,17-18,37H2,1-7H3,(H,39,42)(H,40,43)/b20-16+/t21-,22+,23+,24-,30?,31+,32?/m1/s1. The number of H-pyrrole nitrogens is 1. The minimum Gasteiger partial charge on any atom is -0.460 e. The lowest BCUT2D eigenvalue weighted by Crippen LogP contribution is -2.56. The number of nitrogens with zero attached hydrogens (tertiary/aromatic N) is 1. The van der Waals surface area contributed by atoms with E-state index in [0.29, 0.717) is 17.7 Å². The van der Waals surface area contributed by atoms with Crippen molar-refractivity contribution in [3.63, 3.8) is 0 Å². The monoisotopic (exact) mass is 645 g/mol. The Balaban J connectivity index is 1.80. The van der Waals surface area contributed by atoms with E-state index in [1.54, 1.807) is 52.1 Å². The molecule has 1 aliphatic rings. The summed E-state index contributed by atoms with van der Waals surface area (Å²) < 4.78 is 11.6. The summed E-state index contributed by atoms with van der Waals surface area (Å²) >= 11 is 0. The maximum absolute atomic E-state index is 14.4. The normalized spacial score (nSPS) is 28.4. The molecule has 5 N–H and O–H groups in total. The molecule has 0 fully saturated rings. The van der Waals surface area contributed by atoms with E-state index >= 15 is 0 Å². The van der Waals surface area contributed by atoms with Crippen LogP contribution in [0, 0.1) is 11.8 Å². The highest BCUT2D eigenvalue weighted by atomic mass is 16.6. The third kappa shape index (κ3) is 8.40. The van der Waals surface area contributed by atoms with E-state index in [0.717, 1.165) is 22.0 Å². The number of cyclic esters (lactones) is 1. The van der Waals surface area contributed by atoms with E-state index in [2.05, 4.69) is 15.6 Å². The van der Waals surface area contributed by atoms with E-state index < -0.39 is 54.0 Å². The number of hydrogen-bond acceptors (Lipinski definition) is 7. The Morgan fingerprint density at radius 2 is 1.64 bits per heavy atom. The molecule has 11 nitrogen and oxygen atoms in total. The zero-order valence-corrected chi connectivity index (χ0v) is 28.2. The molecule has 1 aromatic heterocycles. The number of methoxy groups -OCH3 is 1. The topological polar surface area (TPSA) is 156 Å². The first-order chi connectivity index (χ1) is 22.3. The largest absolute Gasteiger partial charge is 0.460 e. The van der Waals surface area contributed by atoms with Crippen molar-refractivity contribution in [1.82, 2.24) is 20.5 Å². The first kappa shape index (κ1) is 35.2. The van der Waals surface area contributed by atoms with Crippen LogP contribution < -0.4 is 16.4 Å². The Labute approximate surface area is 276 Å². The number of aromatic nitrogens is 1. The second kappa shape index (κ2) is 15.3. The Kier molecular flexibility index (Phi) is 11.5. The van der Waals surface area contributed by atoms with Gasteiger partial charge in [-0.1, -0.05) is 55.8 Å². The summed E-state index contributed by atoms with van der Waals surface area (Å²) in [5.74, 6) is -2.47. The van der Waals surface area contributed by atoms with Crippen LogP contribution in [0.4, 0.5) is 5.69 Å². The Hall–Kier alpha value is -4.64. The Morgan fingerprint density at radius 3 is 2.32 bits per heavy atom. The predicted octanol–water partition coefficient (Wildman–Crippen LogP) is 4.05. The summed E-state index contributed by atoms with van der Waals surface area (Å²) in [6, 6.07) is 11.6. The molecule has 3 amide bonds. The van der Waals surface area contributed by atoms with Gasteiger partial charge in [-0.25, -0.2) is 4.79 Å². The van der Waals surface area contributed by atoms with Gasteiger partial charge in [-0.2, -0.15) is 0 Å². The molecule has 0 bridgehead atoms.